The fourth-order valence-corrected chi connectivity index (χ4v) is 3.72. The van der Waals surface area contributed by atoms with Gasteiger partial charge in [0.1, 0.15) is 5.75 Å². The zero-order chi connectivity index (χ0) is 20.3. The topological polar surface area (TPSA) is 71.4 Å². The molecule has 1 aliphatic rings. The van der Waals surface area contributed by atoms with Crippen molar-refractivity contribution in [3.63, 3.8) is 0 Å². The van der Waals surface area contributed by atoms with Crippen LogP contribution in [0.3, 0.4) is 0 Å². The van der Waals surface area contributed by atoms with Gasteiger partial charge in [0.05, 0.1) is 29.3 Å². The van der Waals surface area contributed by atoms with Gasteiger partial charge in [0.2, 0.25) is 0 Å². The molecule has 0 radical (unpaired) electrons. The molecule has 1 fully saturated rings. The third-order valence-electron chi connectivity index (χ3n) is 3.95. The Kier molecular flexibility index (Phi) is 6.16. The number of benzene rings is 2. The highest BCUT2D eigenvalue weighted by Crippen LogP contribution is 2.38. The van der Waals surface area contributed by atoms with Crippen molar-refractivity contribution in [3.8, 4) is 17.2 Å². The van der Waals surface area contributed by atoms with Crippen molar-refractivity contribution in [2.45, 2.75) is 6.92 Å². The SMILES string of the molecule is CCOc1cc(/C=C2\SC(=Nc3ccc(OC)cc3)N(C)C2=O)cc(Cl)c1O. The molecule has 146 valence electrons. The number of methoxy groups -OCH3 is 1. The van der Waals surface area contributed by atoms with Gasteiger partial charge in [-0.15, -0.1) is 0 Å². The molecule has 0 unspecified atom stereocenters. The second-order valence-electron chi connectivity index (χ2n) is 5.85. The van der Waals surface area contributed by atoms with Crippen LogP contribution in [0, 0.1) is 0 Å². The van der Waals surface area contributed by atoms with Crippen LogP contribution >= 0.6 is 23.4 Å². The molecule has 0 atom stereocenters. The Morgan fingerprint density at radius 1 is 1.29 bits per heavy atom. The standard InChI is InChI=1S/C20H19ClN2O4S/c1-4-27-16-10-12(9-15(21)18(16)24)11-17-19(25)23(2)20(28-17)22-13-5-7-14(26-3)8-6-13/h5-11,24H,4H2,1-3H3/b17-11-,22-20?. The maximum absolute atomic E-state index is 12.6. The zero-order valence-corrected chi connectivity index (χ0v) is 17.2. The second kappa shape index (κ2) is 8.58. The molecule has 3 rings (SSSR count). The largest absolute Gasteiger partial charge is 0.503 e. The maximum Gasteiger partial charge on any atom is 0.266 e. The molecular formula is C20H19ClN2O4S. The number of nitrogens with zero attached hydrogens (tertiary/aromatic N) is 2. The molecule has 1 amide bonds. The minimum absolute atomic E-state index is 0.116. The first-order chi connectivity index (χ1) is 13.4. The lowest BCUT2D eigenvalue weighted by molar-refractivity contribution is -0.121. The van der Waals surface area contributed by atoms with E-state index in [0.717, 1.165) is 11.4 Å². The molecule has 6 nitrogen and oxygen atoms in total. The van der Waals surface area contributed by atoms with Gasteiger partial charge >= 0.3 is 0 Å². The van der Waals surface area contributed by atoms with E-state index in [1.165, 1.54) is 16.7 Å². The first-order valence-corrected chi connectivity index (χ1v) is 9.68. The number of thioether (sulfide) groups is 1. The van der Waals surface area contributed by atoms with Crippen LogP contribution in [0.2, 0.25) is 5.02 Å². The molecule has 0 spiro atoms. The summed E-state index contributed by atoms with van der Waals surface area (Å²) in [5, 5.41) is 10.7. The molecule has 0 aliphatic carbocycles. The third kappa shape index (κ3) is 4.26. The number of likely N-dealkylation sites (N-methyl/N-ethyl adjacent to an activating group) is 1. The molecule has 0 bridgehead atoms. The summed E-state index contributed by atoms with van der Waals surface area (Å²) in [4.78, 5) is 19.1. The van der Waals surface area contributed by atoms with Gasteiger partial charge in [0.25, 0.3) is 5.91 Å². The average Bonchev–Trinajstić information content (AvgIpc) is 2.94. The number of phenols is 1. The summed E-state index contributed by atoms with van der Waals surface area (Å²) in [7, 11) is 3.28. The van der Waals surface area contributed by atoms with Crippen LogP contribution < -0.4 is 9.47 Å². The lowest BCUT2D eigenvalue weighted by Gasteiger charge is -2.08. The van der Waals surface area contributed by atoms with Gasteiger partial charge in [-0.25, -0.2) is 4.99 Å². The number of amides is 1. The Morgan fingerprint density at radius 3 is 2.64 bits per heavy atom. The van der Waals surface area contributed by atoms with E-state index in [1.54, 1.807) is 32.4 Å². The molecule has 2 aromatic rings. The number of carbonyl (C=O) groups excluding carboxylic acids is 1. The van der Waals surface area contributed by atoms with Crippen molar-refractivity contribution in [1.29, 1.82) is 0 Å². The molecule has 0 saturated carbocycles. The van der Waals surface area contributed by atoms with Crippen LogP contribution in [0.5, 0.6) is 17.2 Å². The second-order valence-corrected chi connectivity index (χ2v) is 7.27. The molecular weight excluding hydrogens is 400 g/mol. The van der Waals surface area contributed by atoms with E-state index in [0.29, 0.717) is 22.2 Å². The molecule has 8 heteroatoms. The molecule has 1 saturated heterocycles. The molecule has 1 N–H and O–H groups in total. The van der Waals surface area contributed by atoms with Crippen LogP contribution in [0.25, 0.3) is 6.08 Å². The van der Waals surface area contributed by atoms with Crippen molar-refractivity contribution in [1.82, 2.24) is 4.90 Å². The summed E-state index contributed by atoms with van der Waals surface area (Å²) < 4.78 is 10.5. The highest BCUT2D eigenvalue weighted by atomic mass is 35.5. The maximum atomic E-state index is 12.6. The molecule has 28 heavy (non-hydrogen) atoms. The Bertz CT molecular complexity index is 957. The number of ether oxygens (including phenoxy) is 2. The number of rotatable bonds is 5. The summed E-state index contributed by atoms with van der Waals surface area (Å²) in [5.74, 6) is 0.731. The number of aromatic hydroxyl groups is 1. The van der Waals surface area contributed by atoms with Crippen molar-refractivity contribution >= 4 is 46.2 Å². The van der Waals surface area contributed by atoms with E-state index in [4.69, 9.17) is 21.1 Å². The molecule has 1 aliphatic heterocycles. The smallest absolute Gasteiger partial charge is 0.266 e. The van der Waals surface area contributed by atoms with E-state index in [2.05, 4.69) is 4.99 Å². The number of aliphatic imine (C=N–C) groups is 1. The summed E-state index contributed by atoms with van der Waals surface area (Å²) in [6.07, 6.45) is 1.70. The minimum atomic E-state index is -0.167. The quantitative estimate of drug-likeness (QED) is 0.713. The van der Waals surface area contributed by atoms with E-state index in [-0.39, 0.29) is 22.4 Å². The van der Waals surface area contributed by atoms with Crippen LogP contribution in [0.1, 0.15) is 12.5 Å². The lowest BCUT2D eigenvalue weighted by atomic mass is 10.2. The first-order valence-electron chi connectivity index (χ1n) is 8.48. The van der Waals surface area contributed by atoms with Crippen molar-refractivity contribution in [2.24, 2.45) is 4.99 Å². The Labute approximate surface area is 172 Å². The van der Waals surface area contributed by atoms with Gasteiger partial charge in [-0.1, -0.05) is 11.6 Å². The summed E-state index contributed by atoms with van der Waals surface area (Å²) in [5.41, 5.74) is 1.37. The number of carbonyl (C=O) groups is 1. The first kappa shape index (κ1) is 20.1. The van der Waals surface area contributed by atoms with Crippen LogP contribution in [0.15, 0.2) is 46.3 Å². The fraction of sp³-hybridized carbons (Fsp3) is 0.200. The van der Waals surface area contributed by atoms with Gasteiger partial charge in [0, 0.05) is 7.05 Å². The van der Waals surface area contributed by atoms with E-state index < -0.39 is 0 Å². The van der Waals surface area contributed by atoms with Crippen molar-refractivity contribution in [2.75, 3.05) is 20.8 Å². The predicted octanol–water partition coefficient (Wildman–Crippen LogP) is 4.69. The highest BCUT2D eigenvalue weighted by molar-refractivity contribution is 8.18. The fourth-order valence-electron chi connectivity index (χ4n) is 2.51. The van der Waals surface area contributed by atoms with Gasteiger partial charge in [-0.3, -0.25) is 9.69 Å². The summed E-state index contributed by atoms with van der Waals surface area (Å²) in [6, 6.07) is 10.5. The van der Waals surface area contributed by atoms with Crippen LogP contribution in [-0.4, -0.2) is 41.8 Å². The molecule has 1 heterocycles. The summed E-state index contributed by atoms with van der Waals surface area (Å²) in [6.45, 7) is 2.20. The number of halogens is 1. The van der Waals surface area contributed by atoms with Crippen LogP contribution in [0.4, 0.5) is 5.69 Å². The lowest BCUT2D eigenvalue weighted by Crippen LogP contribution is -2.23. The number of hydrogen-bond acceptors (Lipinski definition) is 6. The number of amidine groups is 1. The molecule has 2 aromatic carbocycles. The number of phenolic OH excluding ortho intramolecular Hbond substituents is 1. The van der Waals surface area contributed by atoms with Gasteiger partial charge < -0.3 is 14.6 Å². The van der Waals surface area contributed by atoms with Gasteiger partial charge in [-0.05, 0) is 66.7 Å². The Hall–Kier alpha value is -2.64. The van der Waals surface area contributed by atoms with E-state index in [9.17, 15) is 9.90 Å². The van der Waals surface area contributed by atoms with Crippen molar-refractivity contribution in [3.05, 3.63) is 51.9 Å². The monoisotopic (exact) mass is 418 g/mol. The normalized spacial score (nSPS) is 16.9. The van der Waals surface area contributed by atoms with Crippen molar-refractivity contribution < 1.29 is 19.4 Å². The minimum Gasteiger partial charge on any atom is -0.503 e. The van der Waals surface area contributed by atoms with Crippen LogP contribution in [-0.2, 0) is 4.79 Å². The Balaban J connectivity index is 1.89. The number of hydrogen-bond donors (Lipinski definition) is 1. The van der Waals surface area contributed by atoms with E-state index in [1.807, 2.05) is 31.2 Å². The predicted molar refractivity (Wildman–Crippen MR) is 113 cm³/mol. The van der Waals surface area contributed by atoms with Gasteiger partial charge in [0.15, 0.2) is 16.7 Å². The average molecular weight is 419 g/mol. The molecule has 0 aromatic heterocycles. The van der Waals surface area contributed by atoms with E-state index >= 15 is 0 Å². The summed E-state index contributed by atoms with van der Waals surface area (Å²) >= 11 is 7.34. The third-order valence-corrected chi connectivity index (χ3v) is 5.30. The Morgan fingerprint density at radius 2 is 2.00 bits per heavy atom. The highest BCUT2D eigenvalue weighted by Gasteiger charge is 2.30. The zero-order valence-electron chi connectivity index (χ0n) is 15.6. The van der Waals surface area contributed by atoms with Gasteiger partial charge in [-0.2, -0.15) is 0 Å².